The average Bonchev–Trinajstić information content (AvgIpc) is 2.83. The van der Waals surface area contributed by atoms with Gasteiger partial charge in [-0.3, -0.25) is 0 Å². The van der Waals surface area contributed by atoms with Gasteiger partial charge in [0.15, 0.2) is 0 Å². The fraction of sp³-hybridized carbons (Fsp3) is 0.385. The molecule has 3 nitrogen and oxygen atoms in total. The van der Waals surface area contributed by atoms with E-state index in [0.29, 0.717) is 0 Å². The molecule has 0 radical (unpaired) electrons. The molecule has 2 rings (SSSR count). The highest BCUT2D eigenvalue weighted by Crippen LogP contribution is 2.24. The molecule has 0 saturated heterocycles. The van der Waals surface area contributed by atoms with E-state index in [9.17, 15) is 4.39 Å². The van der Waals surface area contributed by atoms with Crippen molar-refractivity contribution in [1.29, 1.82) is 0 Å². The Morgan fingerprint density at radius 3 is 3.00 bits per heavy atom. The largest absolute Gasteiger partial charge is 0.317 e. The summed E-state index contributed by atoms with van der Waals surface area (Å²) in [6.45, 7) is 4.07. The maximum absolute atomic E-state index is 13.1. The molecule has 0 atom stereocenters. The zero-order valence-electron chi connectivity index (χ0n) is 10.3. The number of nitrogens with zero attached hydrogens (tertiary/aromatic N) is 2. The Kier molecular flexibility index (Phi) is 4.78. The second-order valence-electron chi connectivity index (χ2n) is 3.97. The van der Waals surface area contributed by atoms with Gasteiger partial charge in [0.25, 0.3) is 0 Å². The SMILES string of the molecule is CCNCCCc1nnc(-c2cccc(F)c2)s1. The van der Waals surface area contributed by atoms with Crippen LogP contribution in [0.2, 0.25) is 0 Å². The van der Waals surface area contributed by atoms with Crippen molar-refractivity contribution in [3.8, 4) is 10.6 Å². The van der Waals surface area contributed by atoms with E-state index in [1.807, 2.05) is 6.07 Å². The summed E-state index contributed by atoms with van der Waals surface area (Å²) in [5.74, 6) is -0.239. The highest BCUT2D eigenvalue weighted by molar-refractivity contribution is 7.14. The molecule has 2 aromatic rings. The highest BCUT2D eigenvalue weighted by atomic mass is 32.1. The fourth-order valence-corrected chi connectivity index (χ4v) is 2.51. The maximum Gasteiger partial charge on any atom is 0.147 e. The number of nitrogens with one attached hydrogen (secondary N) is 1. The van der Waals surface area contributed by atoms with E-state index in [1.165, 1.54) is 23.5 Å². The summed E-state index contributed by atoms with van der Waals surface area (Å²) in [5, 5.41) is 13.3. The molecule has 1 aromatic heterocycles. The summed E-state index contributed by atoms with van der Waals surface area (Å²) in [7, 11) is 0. The number of hydrogen-bond donors (Lipinski definition) is 1. The molecule has 0 amide bonds. The minimum Gasteiger partial charge on any atom is -0.317 e. The van der Waals surface area contributed by atoms with E-state index in [1.54, 1.807) is 6.07 Å². The maximum atomic E-state index is 13.1. The summed E-state index contributed by atoms with van der Waals surface area (Å²) in [5.41, 5.74) is 0.797. The molecule has 18 heavy (non-hydrogen) atoms. The van der Waals surface area contributed by atoms with Crippen LogP contribution in [-0.2, 0) is 6.42 Å². The topological polar surface area (TPSA) is 37.8 Å². The van der Waals surface area contributed by atoms with Crippen LogP contribution in [0.15, 0.2) is 24.3 Å². The first-order chi connectivity index (χ1) is 8.79. The van der Waals surface area contributed by atoms with Crippen molar-refractivity contribution >= 4 is 11.3 Å². The number of aryl methyl sites for hydroxylation is 1. The number of aromatic nitrogens is 2. The average molecular weight is 265 g/mol. The first-order valence-corrected chi connectivity index (χ1v) is 6.90. The van der Waals surface area contributed by atoms with Crippen LogP contribution in [-0.4, -0.2) is 23.3 Å². The third-order valence-corrected chi connectivity index (χ3v) is 3.56. The molecule has 0 saturated carbocycles. The Hall–Kier alpha value is -1.33. The molecule has 96 valence electrons. The lowest BCUT2D eigenvalue weighted by molar-refractivity contribution is 0.628. The standard InChI is InChI=1S/C13H16FN3S/c1-2-15-8-4-7-12-16-17-13(18-12)10-5-3-6-11(14)9-10/h3,5-6,9,15H,2,4,7-8H2,1H3. The van der Waals surface area contributed by atoms with Gasteiger partial charge in [0, 0.05) is 12.0 Å². The van der Waals surface area contributed by atoms with Crippen molar-refractivity contribution in [1.82, 2.24) is 15.5 Å². The van der Waals surface area contributed by atoms with Crippen molar-refractivity contribution in [3.05, 3.63) is 35.1 Å². The van der Waals surface area contributed by atoms with E-state index in [4.69, 9.17) is 0 Å². The molecule has 1 aromatic carbocycles. The van der Waals surface area contributed by atoms with Crippen molar-refractivity contribution in [3.63, 3.8) is 0 Å². The van der Waals surface area contributed by atoms with Crippen LogP contribution in [0.4, 0.5) is 4.39 Å². The Balaban J connectivity index is 1.97. The quantitative estimate of drug-likeness (QED) is 0.816. The van der Waals surface area contributed by atoms with Crippen molar-refractivity contribution in [2.24, 2.45) is 0 Å². The molecule has 5 heteroatoms. The van der Waals surface area contributed by atoms with Gasteiger partial charge in [-0.2, -0.15) is 0 Å². The van der Waals surface area contributed by atoms with Crippen molar-refractivity contribution in [2.45, 2.75) is 19.8 Å². The highest BCUT2D eigenvalue weighted by Gasteiger charge is 2.07. The van der Waals surface area contributed by atoms with E-state index in [2.05, 4.69) is 22.4 Å². The zero-order chi connectivity index (χ0) is 12.8. The van der Waals surface area contributed by atoms with E-state index in [-0.39, 0.29) is 5.82 Å². The summed E-state index contributed by atoms with van der Waals surface area (Å²) in [4.78, 5) is 0. The lowest BCUT2D eigenvalue weighted by Crippen LogP contribution is -2.14. The van der Waals surface area contributed by atoms with Gasteiger partial charge in [-0.15, -0.1) is 10.2 Å². The predicted molar refractivity (Wildman–Crippen MR) is 72.2 cm³/mol. The van der Waals surface area contributed by atoms with Gasteiger partial charge in [0.05, 0.1) is 0 Å². The summed E-state index contributed by atoms with van der Waals surface area (Å²) >= 11 is 1.54. The van der Waals surface area contributed by atoms with E-state index < -0.39 is 0 Å². The first-order valence-electron chi connectivity index (χ1n) is 6.08. The minimum absolute atomic E-state index is 0.239. The third kappa shape index (κ3) is 3.58. The van der Waals surface area contributed by atoms with Gasteiger partial charge in [-0.05, 0) is 31.6 Å². The number of rotatable bonds is 6. The summed E-state index contributed by atoms with van der Waals surface area (Å²) in [6, 6.07) is 6.47. The Bertz CT molecular complexity index is 498. The molecular weight excluding hydrogens is 249 g/mol. The lowest BCUT2D eigenvalue weighted by atomic mass is 10.2. The van der Waals surface area contributed by atoms with Crippen molar-refractivity contribution < 1.29 is 4.39 Å². The molecule has 0 unspecified atom stereocenters. The van der Waals surface area contributed by atoms with Crippen LogP contribution < -0.4 is 5.32 Å². The second-order valence-corrected chi connectivity index (χ2v) is 5.03. The molecule has 0 fully saturated rings. The predicted octanol–water partition coefficient (Wildman–Crippen LogP) is 2.89. The first kappa shape index (κ1) is 13.1. The number of halogens is 1. The Morgan fingerprint density at radius 2 is 2.22 bits per heavy atom. The molecule has 0 aliphatic heterocycles. The monoisotopic (exact) mass is 265 g/mol. The molecular formula is C13H16FN3S. The summed E-state index contributed by atoms with van der Waals surface area (Å²) in [6.07, 6.45) is 1.96. The van der Waals surface area contributed by atoms with Gasteiger partial charge in [-0.25, -0.2) is 4.39 Å². The second kappa shape index (κ2) is 6.56. The van der Waals surface area contributed by atoms with Crippen LogP contribution >= 0.6 is 11.3 Å². The molecule has 1 heterocycles. The third-order valence-electron chi connectivity index (χ3n) is 2.53. The number of hydrogen-bond acceptors (Lipinski definition) is 4. The van der Waals surface area contributed by atoms with Crippen LogP contribution in [0.5, 0.6) is 0 Å². The lowest BCUT2D eigenvalue weighted by Gasteiger charge is -1.97. The van der Waals surface area contributed by atoms with Gasteiger partial charge >= 0.3 is 0 Å². The van der Waals surface area contributed by atoms with Crippen LogP contribution in [0.1, 0.15) is 18.4 Å². The van der Waals surface area contributed by atoms with Gasteiger partial charge in [0.2, 0.25) is 0 Å². The van der Waals surface area contributed by atoms with Crippen LogP contribution in [0, 0.1) is 5.82 Å². The zero-order valence-corrected chi connectivity index (χ0v) is 11.1. The molecule has 0 spiro atoms. The molecule has 0 bridgehead atoms. The normalized spacial score (nSPS) is 10.8. The van der Waals surface area contributed by atoms with E-state index >= 15 is 0 Å². The Labute approximate surface area is 110 Å². The number of benzene rings is 1. The summed E-state index contributed by atoms with van der Waals surface area (Å²) < 4.78 is 13.1. The van der Waals surface area contributed by atoms with Crippen molar-refractivity contribution in [2.75, 3.05) is 13.1 Å². The fourth-order valence-electron chi connectivity index (χ4n) is 1.63. The van der Waals surface area contributed by atoms with Gasteiger partial charge < -0.3 is 5.32 Å². The molecule has 0 aliphatic carbocycles. The van der Waals surface area contributed by atoms with Gasteiger partial charge in [-0.1, -0.05) is 30.4 Å². The van der Waals surface area contributed by atoms with Crippen LogP contribution in [0.25, 0.3) is 10.6 Å². The van der Waals surface area contributed by atoms with Crippen LogP contribution in [0.3, 0.4) is 0 Å². The smallest absolute Gasteiger partial charge is 0.147 e. The molecule has 1 N–H and O–H groups in total. The Morgan fingerprint density at radius 1 is 1.33 bits per heavy atom. The minimum atomic E-state index is -0.239. The molecule has 0 aliphatic rings. The van der Waals surface area contributed by atoms with Gasteiger partial charge in [0.1, 0.15) is 15.8 Å². The van der Waals surface area contributed by atoms with E-state index in [0.717, 1.165) is 41.5 Å².